The molecule has 1 aromatic rings. The van der Waals surface area contributed by atoms with E-state index in [2.05, 4.69) is 4.98 Å². The average molecular weight is 284 g/mol. The summed E-state index contributed by atoms with van der Waals surface area (Å²) in [4.78, 5) is 27.7. The predicted molar refractivity (Wildman–Crippen MR) is 68.0 cm³/mol. The van der Waals surface area contributed by atoms with Gasteiger partial charge in [-0.15, -0.1) is 0 Å². The van der Waals surface area contributed by atoms with Crippen molar-refractivity contribution < 1.29 is 19.7 Å². The van der Waals surface area contributed by atoms with Crippen LogP contribution >= 0.6 is 0 Å². The maximum Gasteiger partial charge on any atom is 0.351 e. The van der Waals surface area contributed by atoms with Gasteiger partial charge in [0.25, 0.3) is 0 Å². The lowest BCUT2D eigenvalue weighted by Gasteiger charge is -2.37. The molecule has 0 spiro atoms. The van der Waals surface area contributed by atoms with E-state index in [1.54, 1.807) is 4.90 Å². The van der Waals surface area contributed by atoms with Crippen LogP contribution < -0.4 is 11.4 Å². The minimum atomic E-state index is -0.981. The number of anilines is 1. The Morgan fingerprint density at radius 2 is 2.30 bits per heavy atom. The third-order valence-corrected chi connectivity index (χ3v) is 2.95. The Morgan fingerprint density at radius 3 is 2.90 bits per heavy atom. The summed E-state index contributed by atoms with van der Waals surface area (Å²) in [6, 6.07) is 1.45. The molecule has 0 aliphatic carbocycles. The lowest BCUT2D eigenvalue weighted by Crippen LogP contribution is -2.50. The molecule has 0 bridgehead atoms. The van der Waals surface area contributed by atoms with Crippen molar-refractivity contribution in [1.29, 1.82) is 0 Å². The third kappa shape index (κ3) is 3.32. The molecule has 2 atom stereocenters. The van der Waals surface area contributed by atoms with Crippen molar-refractivity contribution in [3.8, 4) is 0 Å². The number of carbonyl (C=O) groups is 1. The average Bonchev–Trinajstić information content (AvgIpc) is 2.37. The van der Waals surface area contributed by atoms with Gasteiger partial charge in [0, 0.05) is 19.3 Å². The Hall–Kier alpha value is -1.97. The number of aliphatic carboxylic acids is 1. The molecule has 0 saturated carbocycles. The van der Waals surface area contributed by atoms with E-state index in [9.17, 15) is 14.7 Å². The molecule has 2 unspecified atom stereocenters. The highest BCUT2D eigenvalue weighted by Crippen LogP contribution is 2.18. The van der Waals surface area contributed by atoms with Gasteiger partial charge in [0.1, 0.15) is 5.82 Å². The number of aromatic nitrogens is 2. The van der Waals surface area contributed by atoms with Crippen LogP contribution in [-0.2, 0) is 9.53 Å². The predicted octanol–water partition coefficient (Wildman–Crippen LogP) is -1.90. The third-order valence-electron chi connectivity index (χ3n) is 2.95. The van der Waals surface area contributed by atoms with Crippen molar-refractivity contribution in [3.05, 3.63) is 22.7 Å². The number of rotatable bonds is 4. The van der Waals surface area contributed by atoms with Crippen molar-refractivity contribution in [2.24, 2.45) is 0 Å². The van der Waals surface area contributed by atoms with Crippen LogP contribution in [0.1, 0.15) is 6.23 Å². The monoisotopic (exact) mass is 284 g/mol. The quantitative estimate of drug-likeness (QED) is 0.584. The van der Waals surface area contributed by atoms with Crippen LogP contribution in [0.3, 0.4) is 0 Å². The smallest absolute Gasteiger partial charge is 0.351 e. The lowest BCUT2D eigenvalue weighted by molar-refractivity contribution is -0.152. The van der Waals surface area contributed by atoms with E-state index in [1.807, 2.05) is 0 Å². The SMILES string of the molecule is Nc1ccn(C2CN(CC(=O)O)CC(CO)O2)c(=O)n1. The van der Waals surface area contributed by atoms with E-state index in [0.717, 1.165) is 0 Å². The van der Waals surface area contributed by atoms with Crippen LogP contribution in [0.15, 0.2) is 17.1 Å². The molecular formula is C11H16N4O5. The lowest BCUT2D eigenvalue weighted by atomic mass is 10.2. The highest BCUT2D eigenvalue weighted by atomic mass is 16.5. The van der Waals surface area contributed by atoms with Crippen LogP contribution in [0.25, 0.3) is 0 Å². The molecule has 4 N–H and O–H groups in total. The summed E-state index contributed by atoms with van der Waals surface area (Å²) in [7, 11) is 0. The first kappa shape index (κ1) is 14.4. The van der Waals surface area contributed by atoms with E-state index in [4.69, 9.17) is 15.6 Å². The fourth-order valence-electron chi connectivity index (χ4n) is 2.11. The van der Waals surface area contributed by atoms with Gasteiger partial charge in [0.05, 0.1) is 19.3 Å². The molecule has 1 saturated heterocycles. The molecule has 0 aromatic carbocycles. The fourth-order valence-corrected chi connectivity index (χ4v) is 2.11. The van der Waals surface area contributed by atoms with Crippen LogP contribution in [0.4, 0.5) is 5.82 Å². The van der Waals surface area contributed by atoms with Gasteiger partial charge in [-0.3, -0.25) is 14.3 Å². The minimum absolute atomic E-state index is 0.100. The molecule has 9 nitrogen and oxygen atoms in total. The van der Waals surface area contributed by atoms with Crippen molar-refractivity contribution in [1.82, 2.24) is 14.5 Å². The number of aliphatic hydroxyl groups is 1. The fraction of sp³-hybridized carbons (Fsp3) is 0.545. The molecule has 9 heteroatoms. The first-order valence-corrected chi connectivity index (χ1v) is 6.04. The number of ether oxygens (including phenoxy) is 1. The Labute approximate surface area is 114 Å². The standard InChI is InChI=1S/C11H16N4O5/c12-8-1-2-15(11(19)13-8)9-4-14(5-10(17)18)3-7(6-16)20-9/h1-2,7,9,16H,3-6H2,(H,17,18)(H2,12,13,19). The summed E-state index contributed by atoms with van der Waals surface area (Å²) in [5, 5.41) is 18.0. The molecule has 2 heterocycles. The second kappa shape index (κ2) is 5.99. The van der Waals surface area contributed by atoms with Crippen molar-refractivity contribution >= 4 is 11.8 Å². The van der Waals surface area contributed by atoms with E-state index >= 15 is 0 Å². The number of nitrogen functional groups attached to an aromatic ring is 1. The van der Waals surface area contributed by atoms with Gasteiger partial charge in [-0.05, 0) is 6.07 Å². The Balaban J connectivity index is 2.21. The maximum absolute atomic E-state index is 11.8. The Kier molecular flexibility index (Phi) is 4.32. The zero-order valence-electron chi connectivity index (χ0n) is 10.7. The first-order chi connectivity index (χ1) is 9.49. The van der Waals surface area contributed by atoms with E-state index < -0.39 is 24.0 Å². The Bertz CT molecular complexity index is 546. The molecule has 1 aromatic heterocycles. The largest absolute Gasteiger partial charge is 0.480 e. The zero-order valence-corrected chi connectivity index (χ0v) is 10.7. The van der Waals surface area contributed by atoms with Gasteiger partial charge in [-0.25, -0.2) is 4.79 Å². The van der Waals surface area contributed by atoms with Gasteiger partial charge in [0.15, 0.2) is 6.23 Å². The van der Waals surface area contributed by atoms with Crippen LogP contribution in [-0.4, -0.2) is 63.0 Å². The summed E-state index contributed by atoms with van der Waals surface area (Å²) < 4.78 is 6.78. The molecule has 20 heavy (non-hydrogen) atoms. The highest BCUT2D eigenvalue weighted by molar-refractivity contribution is 5.69. The van der Waals surface area contributed by atoms with Crippen molar-refractivity contribution in [2.75, 3.05) is 32.0 Å². The normalized spacial score (nSPS) is 23.6. The molecular weight excluding hydrogens is 268 g/mol. The highest BCUT2D eigenvalue weighted by Gasteiger charge is 2.30. The van der Waals surface area contributed by atoms with E-state index in [0.29, 0.717) is 0 Å². The van der Waals surface area contributed by atoms with Gasteiger partial charge in [-0.2, -0.15) is 4.98 Å². The number of nitrogens with zero attached hydrogens (tertiary/aromatic N) is 3. The number of morpholine rings is 1. The summed E-state index contributed by atoms with van der Waals surface area (Å²) >= 11 is 0. The summed E-state index contributed by atoms with van der Waals surface area (Å²) in [6.07, 6.45) is 0.173. The molecule has 1 fully saturated rings. The number of hydrogen-bond acceptors (Lipinski definition) is 7. The van der Waals surface area contributed by atoms with Gasteiger partial charge >= 0.3 is 11.7 Å². The van der Waals surface area contributed by atoms with Crippen molar-refractivity contribution in [3.63, 3.8) is 0 Å². The van der Waals surface area contributed by atoms with E-state index in [-0.39, 0.29) is 32.1 Å². The van der Waals surface area contributed by atoms with Gasteiger partial charge in [-0.1, -0.05) is 0 Å². The number of nitrogens with two attached hydrogens (primary N) is 1. The summed E-state index contributed by atoms with van der Waals surface area (Å²) in [5.74, 6) is -0.881. The van der Waals surface area contributed by atoms with Crippen LogP contribution in [0.5, 0.6) is 0 Å². The number of aliphatic hydroxyl groups excluding tert-OH is 1. The number of carboxylic acid groups (broad SMARTS) is 1. The summed E-state index contributed by atoms with van der Waals surface area (Å²) in [6.45, 7) is 0.0576. The second-order valence-corrected chi connectivity index (χ2v) is 4.53. The van der Waals surface area contributed by atoms with Crippen LogP contribution in [0, 0.1) is 0 Å². The molecule has 110 valence electrons. The van der Waals surface area contributed by atoms with Gasteiger partial charge < -0.3 is 20.7 Å². The van der Waals surface area contributed by atoms with Crippen LogP contribution in [0.2, 0.25) is 0 Å². The first-order valence-electron chi connectivity index (χ1n) is 6.04. The Morgan fingerprint density at radius 1 is 1.55 bits per heavy atom. The number of carboxylic acids is 1. The second-order valence-electron chi connectivity index (χ2n) is 4.53. The molecule has 2 rings (SSSR count). The van der Waals surface area contributed by atoms with Crippen molar-refractivity contribution in [2.45, 2.75) is 12.3 Å². The molecule has 1 aliphatic heterocycles. The van der Waals surface area contributed by atoms with E-state index in [1.165, 1.54) is 16.8 Å². The summed E-state index contributed by atoms with van der Waals surface area (Å²) in [5.41, 5.74) is 4.83. The minimum Gasteiger partial charge on any atom is -0.480 e. The topological polar surface area (TPSA) is 131 Å². The molecule has 0 radical (unpaired) electrons. The maximum atomic E-state index is 11.8. The van der Waals surface area contributed by atoms with Gasteiger partial charge in [0.2, 0.25) is 0 Å². The molecule has 0 amide bonds. The number of hydrogen-bond donors (Lipinski definition) is 3. The zero-order chi connectivity index (χ0) is 14.7. The molecule has 1 aliphatic rings.